The molecule has 1 atom stereocenters. The number of rotatable bonds is 2. The maximum absolute atomic E-state index is 12.5. The summed E-state index contributed by atoms with van der Waals surface area (Å²) in [5, 5.41) is 3.22. The van der Waals surface area contributed by atoms with Crippen LogP contribution in [0, 0.1) is 11.8 Å². The number of amides is 1. The molecule has 3 rings (SSSR count). The van der Waals surface area contributed by atoms with Gasteiger partial charge in [0.2, 0.25) is 5.91 Å². The Labute approximate surface area is 119 Å². The predicted octanol–water partition coefficient (Wildman–Crippen LogP) is 1.69. The van der Waals surface area contributed by atoms with Crippen molar-refractivity contribution in [2.75, 3.05) is 31.1 Å². The molecule has 0 saturated carbocycles. The smallest absolute Gasteiger partial charge is 0.230 e. The average molecular weight is 283 g/mol. The summed E-state index contributed by atoms with van der Waals surface area (Å²) in [5.41, 5.74) is 0.910. The van der Waals surface area contributed by atoms with Gasteiger partial charge in [0.1, 0.15) is 12.4 Å². The van der Waals surface area contributed by atoms with Crippen LogP contribution in [-0.2, 0) is 4.79 Å². The first-order valence-electron chi connectivity index (χ1n) is 6.51. The maximum atomic E-state index is 12.5. The van der Waals surface area contributed by atoms with Gasteiger partial charge in [0.05, 0.1) is 12.2 Å². The largest absolute Gasteiger partial charge is 0.490 e. The van der Waals surface area contributed by atoms with Crippen LogP contribution in [0.5, 0.6) is 5.75 Å². The summed E-state index contributed by atoms with van der Waals surface area (Å²) in [7, 11) is 0. The van der Waals surface area contributed by atoms with Crippen molar-refractivity contribution in [3.05, 3.63) is 24.3 Å². The second-order valence-electron chi connectivity index (χ2n) is 5.01. The molecule has 1 aromatic carbocycles. The maximum Gasteiger partial charge on any atom is 0.230 e. The van der Waals surface area contributed by atoms with Crippen molar-refractivity contribution >= 4 is 24.0 Å². The van der Waals surface area contributed by atoms with Gasteiger partial charge in [0.15, 0.2) is 0 Å². The molecular formula is C14H19ClN2O2. The number of nitrogens with one attached hydrogen (secondary N) is 1. The zero-order valence-electron chi connectivity index (χ0n) is 11.0. The van der Waals surface area contributed by atoms with Crippen molar-refractivity contribution in [2.24, 2.45) is 11.8 Å². The minimum atomic E-state index is 0. The summed E-state index contributed by atoms with van der Waals surface area (Å²) in [6, 6.07) is 7.76. The quantitative estimate of drug-likeness (QED) is 0.898. The lowest BCUT2D eigenvalue weighted by atomic mass is 9.87. The summed E-state index contributed by atoms with van der Waals surface area (Å²) in [6.45, 7) is 5.18. The van der Waals surface area contributed by atoms with Gasteiger partial charge in [-0.2, -0.15) is 0 Å². The number of hydrogen-bond donors (Lipinski definition) is 1. The standard InChI is InChI=1S/C14H18N2O2.ClH/c1-10(11-8-15-9-11)14(17)16-6-7-18-13-5-3-2-4-12(13)16;/h2-5,10-11,15H,6-9H2,1H3;1H. The number of benzene rings is 1. The van der Waals surface area contributed by atoms with Crippen molar-refractivity contribution in [3.63, 3.8) is 0 Å². The fourth-order valence-electron chi connectivity index (χ4n) is 2.51. The number of halogens is 1. The third-order valence-electron chi connectivity index (χ3n) is 3.90. The van der Waals surface area contributed by atoms with E-state index in [9.17, 15) is 4.79 Å². The van der Waals surface area contributed by atoms with Gasteiger partial charge in [-0.05, 0) is 31.1 Å². The fraction of sp³-hybridized carbons (Fsp3) is 0.500. The van der Waals surface area contributed by atoms with Crippen LogP contribution in [0.3, 0.4) is 0 Å². The average Bonchev–Trinajstić information content (AvgIpc) is 2.35. The molecule has 2 aliphatic rings. The van der Waals surface area contributed by atoms with Crippen molar-refractivity contribution < 1.29 is 9.53 Å². The first kappa shape index (κ1) is 14.2. The molecule has 0 aliphatic carbocycles. The summed E-state index contributed by atoms with van der Waals surface area (Å²) < 4.78 is 5.58. The Morgan fingerprint density at radius 1 is 1.42 bits per heavy atom. The molecule has 1 amide bonds. The van der Waals surface area contributed by atoms with Gasteiger partial charge in [0.25, 0.3) is 0 Å². The molecule has 1 N–H and O–H groups in total. The molecule has 1 saturated heterocycles. The van der Waals surface area contributed by atoms with Crippen LogP contribution in [0.15, 0.2) is 24.3 Å². The Balaban J connectivity index is 0.00000133. The number of carbonyl (C=O) groups is 1. The Bertz CT molecular complexity index is 463. The highest BCUT2D eigenvalue weighted by Crippen LogP contribution is 2.33. The second-order valence-corrected chi connectivity index (χ2v) is 5.01. The number of para-hydroxylation sites is 2. The fourth-order valence-corrected chi connectivity index (χ4v) is 2.51. The van der Waals surface area contributed by atoms with Crippen LogP contribution in [0.4, 0.5) is 5.69 Å². The van der Waals surface area contributed by atoms with E-state index in [0.29, 0.717) is 19.1 Å². The molecule has 2 heterocycles. The molecule has 0 spiro atoms. The zero-order chi connectivity index (χ0) is 12.5. The van der Waals surface area contributed by atoms with Crippen LogP contribution in [0.1, 0.15) is 6.92 Å². The zero-order valence-corrected chi connectivity index (χ0v) is 11.8. The van der Waals surface area contributed by atoms with E-state index in [4.69, 9.17) is 4.74 Å². The van der Waals surface area contributed by atoms with Gasteiger partial charge in [0, 0.05) is 5.92 Å². The van der Waals surface area contributed by atoms with E-state index in [-0.39, 0.29) is 24.2 Å². The molecule has 0 bridgehead atoms. The highest BCUT2D eigenvalue weighted by molar-refractivity contribution is 5.96. The molecule has 5 heteroatoms. The van der Waals surface area contributed by atoms with Crippen LogP contribution >= 0.6 is 12.4 Å². The molecule has 1 aromatic rings. The summed E-state index contributed by atoms with van der Waals surface area (Å²) in [4.78, 5) is 14.4. The van der Waals surface area contributed by atoms with Gasteiger partial charge in [-0.15, -0.1) is 12.4 Å². The highest BCUT2D eigenvalue weighted by atomic mass is 35.5. The van der Waals surface area contributed by atoms with Crippen LogP contribution in [-0.4, -0.2) is 32.1 Å². The number of nitrogens with zero attached hydrogens (tertiary/aromatic N) is 1. The molecular weight excluding hydrogens is 264 g/mol. The van der Waals surface area contributed by atoms with Crippen molar-refractivity contribution in [1.82, 2.24) is 5.32 Å². The van der Waals surface area contributed by atoms with Crippen LogP contribution in [0.2, 0.25) is 0 Å². The molecule has 1 fully saturated rings. The van der Waals surface area contributed by atoms with E-state index in [2.05, 4.69) is 5.32 Å². The SMILES string of the molecule is CC(C(=O)N1CCOc2ccccc21)C1CNC1.Cl. The van der Waals surface area contributed by atoms with E-state index < -0.39 is 0 Å². The summed E-state index contributed by atoms with van der Waals surface area (Å²) in [5.74, 6) is 1.60. The van der Waals surface area contributed by atoms with Crippen LogP contribution in [0.25, 0.3) is 0 Å². The van der Waals surface area contributed by atoms with Crippen LogP contribution < -0.4 is 15.0 Å². The highest BCUT2D eigenvalue weighted by Gasteiger charge is 2.33. The Hall–Kier alpha value is -1.26. The monoisotopic (exact) mass is 282 g/mol. The molecule has 1 unspecified atom stereocenters. The number of anilines is 1. The summed E-state index contributed by atoms with van der Waals surface area (Å²) >= 11 is 0. The third kappa shape index (κ3) is 2.55. The van der Waals surface area contributed by atoms with Crippen molar-refractivity contribution in [1.29, 1.82) is 0 Å². The first-order valence-corrected chi connectivity index (χ1v) is 6.51. The molecule has 0 radical (unpaired) electrons. The first-order chi connectivity index (χ1) is 8.77. The normalized spacial score (nSPS) is 19.5. The topological polar surface area (TPSA) is 41.6 Å². The molecule has 104 valence electrons. The summed E-state index contributed by atoms with van der Waals surface area (Å²) in [6.07, 6.45) is 0. The second kappa shape index (κ2) is 5.80. The lowest BCUT2D eigenvalue weighted by Gasteiger charge is -2.36. The Kier molecular flexibility index (Phi) is 4.32. The van der Waals surface area contributed by atoms with E-state index in [1.54, 1.807) is 0 Å². The van der Waals surface area contributed by atoms with E-state index in [1.165, 1.54) is 0 Å². The Morgan fingerprint density at radius 3 is 2.84 bits per heavy atom. The molecule has 4 nitrogen and oxygen atoms in total. The van der Waals surface area contributed by atoms with Gasteiger partial charge in [-0.25, -0.2) is 0 Å². The van der Waals surface area contributed by atoms with Gasteiger partial charge >= 0.3 is 0 Å². The number of ether oxygens (including phenoxy) is 1. The minimum Gasteiger partial charge on any atom is -0.490 e. The van der Waals surface area contributed by atoms with Gasteiger partial charge in [-0.1, -0.05) is 19.1 Å². The third-order valence-corrected chi connectivity index (χ3v) is 3.90. The Morgan fingerprint density at radius 2 is 2.16 bits per heavy atom. The van der Waals surface area contributed by atoms with Gasteiger partial charge < -0.3 is 15.0 Å². The van der Waals surface area contributed by atoms with E-state index >= 15 is 0 Å². The number of carbonyl (C=O) groups excluding carboxylic acids is 1. The van der Waals surface area contributed by atoms with Crippen molar-refractivity contribution in [3.8, 4) is 5.75 Å². The van der Waals surface area contributed by atoms with Gasteiger partial charge in [-0.3, -0.25) is 4.79 Å². The van der Waals surface area contributed by atoms with E-state index in [1.807, 2.05) is 36.1 Å². The van der Waals surface area contributed by atoms with E-state index in [0.717, 1.165) is 24.5 Å². The predicted molar refractivity (Wildman–Crippen MR) is 77.1 cm³/mol. The lowest BCUT2D eigenvalue weighted by Crippen LogP contribution is -2.51. The number of hydrogen-bond acceptors (Lipinski definition) is 3. The molecule has 2 aliphatic heterocycles. The minimum absolute atomic E-state index is 0. The lowest BCUT2D eigenvalue weighted by molar-refractivity contribution is -0.124. The molecule has 0 aromatic heterocycles. The van der Waals surface area contributed by atoms with Crippen molar-refractivity contribution in [2.45, 2.75) is 6.92 Å². The number of fused-ring (bicyclic) bond motifs is 1. The molecule has 19 heavy (non-hydrogen) atoms.